The molecule has 0 saturated carbocycles. The Kier molecular flexibility index (Phi) is 4.42. The highest BCUT2D eigenvalue weighted by Crippen LogP contribution is 2.36. The lowest BCUT2D eigenvalue weighted by molar-refractivity contribution is 0.0608. The van der Waals surface area contributed by atoms with Crippen molar-refractivity contribution in [1.29, 1.82) is 0 Å². The molecule has 1 atom stereocenters. The average Bonchev–Trinajstić information content (AvgIpc) is 2.62. The van der Waals surface area contributed by atoms with Gasteiger partial charge in [0.05, 0.1) is 13.2 Å². The van der Waals surface area contributed by atoms with E-state index in [1.807, 2.05) is 53.4 Å². The third-order valence-corrected chi connectivity index (χ3v) is 4.28. The summed E-state index contributed by atoms with van der Waals surface area (Å²) in [5, 5.41) is 0. The Morgan fingerprint density at radius 2 is 1.77 bits per heavy atom. The zero-order valence-electron chi connectivity index (χ0n) is 12.9. The zero-order chi connectivity index (χ0) is 15.4. The van der Waals surface area contributed by atoms with Crippen LogP contribution in [0.2, 0.25) is 0 Å². The second-order valence-corrected chi connectivity index (χ2v) is 5.62. The molecule has 0 aliphatic carbocycles. The molecule has 114 valence electrons. The van der Waals surface area contributed by atoms with Crippen LogP contribution in [0.4, 0.5) is 0 Å². The molecule has 3 rings (SSSR count). The van der Waals surface area contributed by atoms with Crippen molar-refractivity contribution < 1.29 is 9.53 Å². The van der Waals surface area contributed by atoms with Gasteiger partial charge in [0.2, 0.25) is 0 Å². The third-order valence-electron chi connectivity index (χ3n) is 4.28. The molecule has 3 nitrogen and oxygen atoms in total. The van der Waals surface area contributed by atoms with Crippen LogP contribution in [0, 0.1) is 0 Å². The first-order chi connectivity index (χ1) is 10.8. The van der Waals surface area contributed by atoms with Gasteiger partial charge in [-0.25, -0.2) is 0 Å². The molecule has 0 N–H and O–H groups in total. The van der Waals surface area contributed by atoms with Crippen LogP contribution in [-0.4, -0.2) is 24.5 Å². The predicted molar refractivity (Wildman–Crippen MR) is 87.1 cm³/mol. The van der Waals surface area contributed by atoms with Gasteiger partial charge in [0, 0.05) is 17.7 Å². The number of carbonyl (C=O) groups excluding carboxylic acids is 1. The number of hydrogen-bond acceptors (Lipinski definition) is 2. The molecule has 0 unspecified atom stereocenters. The smallest absolute Gasteiger partial charge is 0.254 e. The molecule has 1 fully saturated rings. The maximum atomic E-state index is 12.9. The lowest BCUT2D eigenvalue weighted by atomic mass is 9.93. The summed E-state index contributed by atoms with van der Waals surface area (Å²) in [7, 11) is 1.69. The summed E-state index contributed by atoms with van der Waals surface area (Å²) in [6, 6.07) is 17.6. The summed E-state index contributed by atoms with van der Waals surface area (Å²) in [5.74, 6) is 0.969. The van der Waals surface area contributed by atoms with E-state index in [1.165, 1.54) is 0 Å². The number of rotatable bonds is 3. The SMILES string of the molecule is COc1ccccc1[C@H]1CCCCN1C(=O)c1ccccc1. The molecule has 1 saturated heterocycles. The molecule has 1 aliphatic rings. The molecule has 1 amide bonds. The van der Waals surface area contributed by atoms with E-state index in [9.17, 15) is 4.79 Å². The van der Waals surface area contributed by atoms with Crippen LogP contribution in [0.1, 0.15) is 41.2 Å². The first-order valence-corrected chi connectivity index (χ1v) is 7.80. The minimum atomic E-state index is 0.0950. The lowest BCUT2D eigenvalue weighted by Gasteiger charge is -2.36. The Labute approximate surface area is 131 Å². The Hall–Kier alpha value is -2.29. The van der Waals surface area contributed by atoms with E-state index in [0.29, 0.717) is 0 Å². The van der Waals surface area contributed by atoms with Gasteiger partial charge < -0.3 is 9.64 Å². The van der Waals surface area contributed by atoms with Crippen molar-refractivity contribution in [2.24, 2.45) is 0 Å². The quantitative estimate of drug-likeness (QED) is 0.854. The normalized spacial score (nSPS) is 18.0. The van der Waals surface area contributed by atoms with Gasteiger partial charge in [-0.15, -0.1) is 0 Å². The van der Waals surface area contributed by atoms with Gasteiger partial charge in [-0.1, -0.05) is 36.4 Å². The highest BCUT2D eigenvalue weighted by molar-refractivity contribution is 5.94. The fraction of sp³-hybridized carbons (Fsp3) is 0.316. The van der Waals surface area contributed by atoms with E-state index in [1.54, 1.807) is 7.11 Å². The Bertz CT molecular complexity index is 639. The van der Waals surface area contributed by atoms with Gasteiger partial charge in [0.15, 0.2) is 0 Å². The molecule has 1 heterocycles. The number of ether oxygens (including phenoxy) is 1. The highest BCUT2D eigenvalue weighted by Gasteiger charge is 2.30. The molecule has 3 heteroatoms. The van der Waals surface area contributed by atoms with Crippen LogP contribution < -0.4 is 4.74 Å². The minimum Gasteiger partial charge on any atom is -0.496 e. The number of methoxy groups -OCH3 is 1. The topological polar surface area (TPSA) is 29.5 Å². The second-order valence-electron chi connectivity index (χ2n) is 5.62. The van der Waals surface area contributed by atoms with Crippen LogP contribution in [0.15, 0.2) is 54.6 Å². The molecule has 1 aliphatic heterocycles. The molecule has 0 aromatic heterocycles. The first-order valence-electron chi connectivity index (χ1n) is 7.80. The summed E-state index contributed by atoms with van der Waals surface area (Å²) in [4.78, 5) is 14.9. The fourth-order valence-corrected chi connectivity index (χ4v) is 3.19. The standard InChI is InChI=1S/C19H21NO2/c1-22-18-13-6-5-11-16(18)17-12-7-8-14-20(17)19(21)15-9-3-2-4-10-15/h2-6,9-11,13,17H,7-8,12,14H2,1H3/t17-/m1/s1. The van der Waals surface area contributed by atoms with Gasteiger partial charge in [0.25, 0.3) is 5.91 Å². The van der Waals surface area contributed by atoms with E-state index < -0.39 is 0 Å². The Morgan fingerprint density at radius 3 is 2.55 bits per heavy atom. The maximum Gasteiger partial charge on any atom is 0.254 e. The highest BCUT2D eigenvalue weighted by atomic mass is 16.5. The summed E-state index contributed by atoms with van der Waals surface area (Å²) in [6.45, 7) is 0.802. The average molecular weight is 295 g/mol. The molecule has 22 heavy (non-hydrogen) atoms. The van der Waals surface area contributed by atoms with Crippen molar-refractivity contribution in [3.8, 4) is 5.75 Å². The van der Waals surface area contributed by atoms with E-state index >= 15 is 0 Å². The van der Waals surface area contributed by atoms with Crippen molar-refractivity contribution in [2.75, 3.05) is 13.7 Å². The van der Waals surface area contributed by atoms with E-state index in [2.05, 4.69) is 6.07 Å². The number of amides is 1. The summed E-state index contributed by atoms with van der Waals surface area (Å²) in [5.41, 5.74) is 1.86. The fourth-order valence-electron chi connectivity index (χ4n) is 3.19. The number of carbonyl (C=O) groups is 1. The number of benzene rings is 2. The molecule has 2 aromatic rings. The number of para-hydroxylation sites is 1. The minimum absolute atomic E-state index is 0.0950. The van der Waals surface area contributed by atoms with Crippen LogP contribution in [-0.2, 0) is 0 Å². The molecule has 0 spiro atoms. The third kappa shape index (κ3) is 2.84. The summed E-state index contributed by atoms with van der Waals surface area (Å²) >= 11 is 0. The van der Waals surface area contributed by atoms with Crippen LogP contribution in [0.25, 0.3) is 0 Å². The van der Waals surface area contributed by atoms with E-state index in [-0.39, 0.29) is 11.9 Å². The molecule has 0 bridgehead atoms. The summed E-state index contributed by atoms with van der Waals surface area (Å²) < 4.78 is 5.49. The van der Waals surface area contributed by atoms with E-state index in [0.717, 1.165) is 42.7 Å². The number of piperidine rings is 1. The van der Waals surface area contributed by atoms with Gasteiger partial charge in [-0.05, 0) is 37.5 Å². The second kappa shape index (κ2) is 6.65. The number of hydrogen-bond donors (Lipinski definition) is 0. The van der Waals surface area contributed by atoms with Crippen molar-refractivity contribution in [2.45, 2.75) is 25.3 Å². The van der Waals surface area contributed by atoms with Gasteiger partial charge >= 0.3 is 0 Å². The molecular formula is C19H21NO2. The molecule has 2 aromatic carbocycles. The molecular weight excluding hydrogens is 274 g/mol. The van der Waals surface area contributed by atoms with E-state index in [4.69, 9.17) is 4.74 Å². The number of likely N-dealkylation sites (tertiary alicyclic amines) is 1. The van der Waals surface area contributed by atoms with Gasteiger partial charge in [-0.3, -0.25) is 4.79 Å². The predicted octanol–water partition coefficient (Wildman–Crippen LogP) is 4.06. The first kappa shape index (κ1) is 14.6. The molecule has 0 radical (unpaired) electrons. The Balaban J connectivity index is 1.93. The van der Waals surface area contributed by atoms with Crippen LogP contribution in [0.5, 0.6) is 5.75 Å². The monoisotopic (exact) mass is 295 g/mol. The Morgan fingerprint density at radius 1 is 1.05 bits per heavy atom. The van der Waals surface area contributed by atoms with Crippen LogP contribution in [0.3, 0.4) is 0 Å². The van der Waals surface area contributed by atoms with Crippen molar-refractivity contribution in [3.63, 3.8) is 0 Å². The summed E-state index contributed by atoms with van der Waals surface area (Å²) in [6.07, 6.45) is 3.18. The largest absolute Gasteiger partial charge is 0.496 e. The van der Waals surface area contributed by atoms with Crippen molar-refractivity contribution in [1.82, 2.24) is 4.90 Å². The zero-order valence-corrected chi connectivity index (χ0v) is 12.9. The van der Waals surface area contributed by atoms with Gasteiger partial charge in [-0.2, -0.15) is 0 Å². The lowest BCUT2D eigenvalue weighted by Crippen LogP contribution is -2.38. The van der Waals surface area contributed by atoms with Crippen molar-refractivity contribution >= 4 is 5.91 Å². The number of nitrogens with zero attached hydrogens (tertiary/aromatic N) is 1. The van der Waals surface area contributed by atoms with Crippen molar-refractivity contribution in [3.05, 3.63) is 65.7 Å². The van der Waals surface area contributed by atoms with Crippen LogP contribution >= 0.6 is 0 Å². The van der Waals surface area contributed by atoms with Gasteiger partial charge in [0.1, 0.15) is 5.75 Å². The maximum absolute atomic E-state index is 12.9.